The zero-order valence-corrected chi connectivity index (χ0v) is 22.2. The molecule has 0 aliphatic carbocycles. The maximum absolute atomic E-state index is 11.1. The molecule has 0 saturated heterocycles. The smallest absolute Gasteiger partial charge is 0.744 e. The van der Waals surface area contributed by atoms with Crippen molar-refractivity contribution in [2.24, 2.45) is 0 Å². The van der Waals surface area contributed by atoms with Crippen molar-refractivity contribution in [3.05, 3.63) is 78.9 Å². The van der Waals surface area contributed by atoms with E-state index in [9.17, 15) is 25.9 Å². The molecule has 6 nitrogen and oxygen atoms in total. The molecule has 0 atom stereocenters. The quantitative estimate of drug-likeness (QED) is 0.212. The van der Waals surface area contributed by atoms with Gasteiger partial charge >= 0.3 is 59.1 Å². The summed E-state index contributed by atoms with van der Waals surface area (Å²) < 4.78 is 66.9. The van der Waals surface area contributed by atoms with E-state index in [-0.39, 0.29) is 68.9 Å². The van der Waals surface area contributed by atoms with Crippen LogP contribution in [0, 0.1) is 0 Å². The summed E-state index contributed by atoms with van der Waals surface area (Å²) in [5.41, 5.74) is 0. The summed E-state index contributed by atoms with van der Waals surface area (Å²) in [6.45, 7) is 0. The van der Waals surface area contributed by atoms with Gasteiger partial charge in [-0.25, -0.2) is 16.8 Å². The van der Waals surface area contributed by atoms with Crippen LogP contribution in [0.25, 0.3) is 0 Å². The van der Waals surface area contributed by atoms with Gasteiger partial charge in [-0.05, 0) is 48.1 Å². The standard InChI is InChI=1S/C18H15O6PS2.2Na/c19-26(20,21)17-10-6-15(7-11-17)25(14-4-2-1-3-5-14)16-8-12-18(13-9-16)27(22,23)24;;/h1-13H,(H,19,20,21)(H,22,23,24);;/q;2*+1/p-2. The van der Waals surface area contributed by atoms with Crippen LogP contribution in [0.3, 0.4) is 0 Å². The first-order valence-electron chi connectivity index (χ1n) is 7.63. The van der Waals surface area contributed by atoms with Crippen molar-refractivity contribution in [2.75, 3.05) is 0 Å². The molecule has 0 radical (unpaired) electrons. The van der Waals surface area contributed by atoms with Crippen molar-refractivity contribution in [3.63, 3.8) is 0 Å². The first kappa shape index (κ1) is 26.9. The van der Waals surface area contributed by atoms with Crippen molar-refractivity contribution in [2.45, 2.75) is 9.79 Å². The number of hydrogen-bond donors (Lipinski definition) is 0. The predicted molar refractivity (Wildman–Crippen MR) is 101 cm³/mol. The fourth-order valence-corrected chi connectivity index (χ4v) is 5.75. The van der Waals surface area contributed by atoms with Crippen LogP contribution in [0.2, 0.25) is 0 Å². The van der Waals surface area contributed by atoms with E-state index >= 15 is 0 Å². The Morgan fingerprint density at radius 3 is 1.14 bits per heavy atom. The van der Waals surface area contributed by atoms with E-state index in [0.717, 1.165) is 15.9 Å². The second kappa shape index (κ2) is 11.0. The molecule has 0 N–H and O–H groups in total. The van der Waals surface area contributed by atoms with Crippen molar-refractivity contribution in [1.29, 1.82) is 0 Å². The molecule has 0 spiro atoms. The van der Waals surface area contributed by atoms with E-state index in [1.54, 1.807) is 24.3 Å². The van der Waals surface area contributed by atoms with Crippen LogP contribution >= 0.6 is 7.92 Å². The Balaban J connectivity index is 0.00000210. The van der Waals surface area contributed by atoms with Gasteiger partial charge in [0, 0.05) is 0 Å². The van der Waals surface area contributed by atoms with Gasteiger partial charge in [0.2, 0.25) is 0 Å². The summed E-state index contributed by atoms with van der Waals surface area (Å²) in [5.74, 6) is 0. The molecular weight excluding hydrogens is 453 g/mol. The SMILES string of the molecule is O=S(=O)([O-])c1ccc(P(c2ccccc2)c2ccc(S(=O)(=O)[O-])cc2)cc1.[Na+].[Na+]. The van der Waals surface area contributed by atoms with Crippen molar-refractivity contribution in [3.8, 4) is 0 Å². The molecule has 3 aromatic rings. The maximum atomic E-state index is 11.1. The summed E-state index contributed by atoms with van der Waals surface area (Å²) in [5, 5.41) is 2.51. The Kier molecular flexibility index (Phi) is 10.2. The van der Waals surface area contributed by atoms with E-state index in [1.165, 1.54) is 24.3 Å². The van der Waals surface area contributed by atoms with Gasteiger partial charge in [0.1, 0.15) is 20.2 Å². The first-order valence-corrected chi connectivity index (χ1v) is 11.8. The molecule has 3 aromatic carbocycles. The van der Waals surface area contributed by atoms with E-state index in [4.69, 9.17) is 0 Å². The van der Waals surface area contributed by atoms with Gasteiger partial charge in [-0.2, -0.15) is 0 Å². The normalized spacial score (nSPS) is 11.4. The van der Waals surface area contributed by atoms with Gasteiger partial charge in [-0.15, -0.1) is 0 Å². The second-order valence-corrected chi connectivity index (χ2v) is 10.5. The van der Waals surface area contributed by atoms with E-state index in [1.807, 2.05) is 30.3 Å². The molecule has 0 unspecified atom stereocenters. The fourth-order valence-electron chi connectivity index (χ4n) is 2.55. The van der Waals surface area contributed by atoms with Crippen LogP contribution in [-0.2, 0) is 20.2 Å². The summed E-state index contributed by atoms with van der Waals surface area (Å²) in [7, 11) is -10.2. The molecule has 0 fully saturated rings. The van der Waals surface area contributed by atoms with E-state index in [0.29, 0.717) is 0 Å². The zero-order chi connectivity index (χ0) is 19.7. The molecule has 0 bridgehead atoms. The Labute approximate surface area is 215 Å². The van der Waals surface area contributed by atoms with Crippen molar-refractivity contribution < 1.29 is 85.1 Å². The van der Waals surface area contributed by atoms with E-state index < -0.39 is 28.2 Å². The van der Waals surface area contributed by atoms with Crippen LogP contribution < -0.4 is 75.0 Å². The van der Waals surface area contributed by atoms with Gasteiger partial charge < -0.3 is 9.11 Å². The number of benzene rings is 3. The van der Waals surface area contributed by atoms with Gasteiger partial charge in [0.15, 0.2) is 0 Å². The zero-order valence-electron chi connectivity index (χ0n) is 15.7. The minimum atomic E-state index is -4.54. The predicted octanol–water partition coefficient (Wildman–Crippen LogP) is -4.74. The average molecular weight is 466 g/mol. The van der Waals surface area contributed by atoms with Crippen LogP contribution in [-0.4, -0.2) is 25.9 Å². The summed E-state index contributed by atoms with van der Waals surface area (Å²) in [6, 6.07) is 20.7. The minimum Gasteiger partial charge on any atom is -0.744 e. The molecule has 11 heteroatoms. The molecule has 0 saturated carbocycles. The van der Waals surface area contributed by atoms with Gasteiger partial charge in [0.25, 0.3) is 0 Å². The number of rotatable bonds is 5. The molecule has 29 heavy (non-hydrogen) atoms. The van der Waals surface area contributed by atoms with Gasteiger partial charge in [0.05, 0.1) is 9.79 Å². The molecule has 0 aliphatic heterocycles. The van der Waals surface area contributed by atoms with Gasteiger partial charge in [-0.1, -0.05) is 54.6 Å². The number of hydrogen-bond acceptors (Lipinski definition) is 6. The molecular formula is C18H13Na2O6PS2. The Bertz CT molecular complexity index is 1080. The summed E-state index contributed by atoms with van der Waals surface area (Å²) in [6.07, 6.45) is 0. The second-order valence-electron chi connectivity index (χ2n) is 5.57. The molecule has 140 valence electrons. The molecule has 0 amide bonds. The Morgan fingerprint density at radius 1 is 0.517 bits per heavy atom. The Morgan fingerprint density at radius 2 is 0.828 bits per heavy atom. The van der Waals surface area contributed by atoms with Crippen molar-refractivity contribution >= 4 is 44.1 Å². The van der Waals surface area contributed by atoms with Gasteiger partial charge in [-0.3, -0.25) is 0 Å². The fraction of sp³-hybridized carbons (Fsp3) is 0. The van der Waals surface area contributed by atoms with Crippen LogP contribution in [0.1, 0.15) is 0 Å². The largest absolute Gasteiger partial charge is 1.00 e. The maximum Gasteiger partial charge on any atom is 1.00 e. The third-order valence-corrected chi connectivity index (χ3v) is 7.92. The third kappa shape index (κ3) is 6.95. The first-order chi connectivity index (χ1) is 12.7. The molecule has 0 aromatic heterocycles. The topological polar surface area (TPSA) is 114 Å². The van der Waals surface area contributed by atoms with Crippen LogP contribution in [0.15, 0.2) is 88.7 Å². The average Bonchev–Trinajstić information content (AvgIpc) is 2.62. The van der Waals surface area contributed by atoms with Crippen LogP contribution in [0.5, 0.6) is 0 Å². The monoisotopic (exact) mass is 466 g/mol. The summed E-state index contributed by atoms with van der Waals surface area (Å²) in [4.78, 5) is -0.635. The Hall–Kier alpha value is -0.0900. The van der Waals surface area contributed by atoms with Crippen molar-refractivity contribution in [1.82, 2.24) is 0 Å². The third-order valence-electron chi connectivity index (χ3n) is 3.78. The van der Waals surface area contributed by atoms with E-state index in [2.05, 4.69) is 0 Å². The molecule has 0 heterocycles. The molecule has 0 aliphatic rings. The van der Waals surface area contributed by atoms with Crippen LogP contribution in [0.4, 0.5) is 0 Å². The minimum absolute atomic E-state index is 0. The molecule has 3 rings (SSSR count). The summed E-state index contributed by atoms with van der Waals surface area (Å²) >= 11 is 0.